The molecule has 4 aliphatic carbocycles. The van der Waals surface area contributed by atoms with Gasteiger partial charge in [-0.2, -0.15) is 0 Å². The number of piperazine rings is 1. The topological polar surface area (TPSA) is 36.4 Å². The summed E-state index contributed by atoms with van der Waals surface area (Å²) in [6, 6.07) is 4.21. The number of aromatic nitrogens is 1. The lowest BCUT2D eigenvalue weighted by molar-refractivity contribution is -0.159. The number of pyridine rings is 1. The van der Waals surface area contributed by atoms with Gasteiger partial charge in [0.2, 0.25) is 5.91 Å². The minimum Gasteiger partial charge on any atom is -0.340 e. The van der Waals surface area contributed by atoms with E-state index in [2.05, 4.69) is 26.9 Å². The van der Waals surface area contributed by atoms with Crippen LogP contribution in [0, 0.1) is 23.2 Å². The summed E-state index contributed by atoms with van der Waals surface area (Å²) >= 11 is 0. The molecule has 4 saturated carbocycles. The highest BCUT2D eigenvalue weighted by atomic mass is 16.2. The van der Waals surface area contributed by atoms with Gasteiger partial charge in [0.25, 0.3) is 0 Å². The first-order valence-electron chi connectivity index (χ1n) is 10.6. The summed E-state index contributed by atoms with van der Waals surface area (Å²) in [5, 5.41) is 0. The third kappa shape index (κ3) is 3.06. The number of hydrogen-bond acceptors (Lipinski definition) is 3. The second kappa shape index (κ2) is 6.63. The van der Waals surface area contributed by atoms with Crippen LogP contribution in [-0.4, -0.2) is 53.4 Å². The molecule has 4 heteroatoms. The summed E-state index contributed by atoms with van der Waals surface area (Å²) in [5.74, 6) is 3.08. The van der Waals surface area contributed by atoms with Gasteiger partial charge in [-0.05, 0) is 80.4 Å². The third-order valence-corrected chi connectivity index (χ3v) is 7.62. The zero-order chi connectivity index (χ0) is 17.6. The minimum atomic E-state index is 0.0357. The molecule has 1 amide bonds. The molecule has 0 N–H and O–H groups in total. The van der Waals surface area contributed by atoms with Crippen LogP contribution in [0.1, 0.15) is 44.1 Å². The maximum Gasteiger partial charge on any atom is 0.228 e. The largest absolute Gasteiger partial charge is 0.340 e. The van der Waals surface area contributed by atoms with Gasteiger partial charge < -0.3 is 4.90 Å². The average molecular weight is 354 g/mol. The fraction of sp³-hybridized carbons (Fsp3) is 0.727. The fourth-order valence-electron chi connectivity index (χ4n) is 6.72. The first-order chi connectivity index (χ1) is 12.7. The van der Waals surface area contributed by atoms with Crippen molar-refractivity contribution in [2.75, 3.05) is 32.7 Å². The van der Waals surface area contributed by atoms with Crippen LogP contribution in [0.4, 0.5) is 0 Å². The van der Waals surface area contributed by atoms with E-state index in [1.807, 2.05) is 12.4 Å². The van der Waals surface area contributed by atoms with Crippen molar-refractivity contribution in [1.82, 2.24) is 14.8 Å². The monoisotopic (exact) mass is 353 g/mol. The van der Waals surface area contributed by atoms with Gasteiger partial charge in [-0.25, -0.2) is 0 Å². The highest BCUT2D eigenvalue weighted by Gasteiger charge is 2.55. The predicted octanol–water partition coefficient (Wildman–Crippen LogP) is 2.98. The fourth-order valence-corrected chi connectivity index (χ4v) is 6.72. The zero-order valence-corrected chi connectivity index (χ0v) is 15.8. The molecule has 26 heavy (non-hydrogen) atoms. The van der Waals surface area contributed by atoms with Gasteiger partial charge >= 0.3 is 0 Å². The van der Waals surface area contributed by atoms with E-state index in [0.29, 0.717) is 5.91 Å². The first-order valence-corrected chi connectivity index (χ1v) is 10.6. The molecular formula is C22H31N3O. The van der Waals surface area contributed by atoms with Crippen LogP contribution < -0.4 is 0 Å². The van der Waals surface area contributed by atoms with E-state index in [9.17, 15) is 4.79 Å². The maximum atomic E-state index is 13.4. The van der Waals surface area contributed by atoms with E-state index < -0.39 is 0 Å². The molecule has 6 rings (SSSR count). The van der Waals surface area contributed by atoms with Crippen LogP contribution in [0.15, 0.2) is 24.5 Å². The van der Waals surface area contributed by atoms with Gasteiger partial charge in [0.05, 0.1) is 5.41 Å². The molecule has 1 saturated heterocycles. The Morgan fingerprint density at radius 3 is 2.12 bits per heavy atom. The Kier molecular flexibility index (Phi) is 4.27. The summed E-state index contributed by atoms with van der Waals surface area (Å²) in [6.07, 6.45) is 12.6. The Bertz CT molecular complexity index is 615. The molecule has 4 nitrogen and oxygen atoms in total. The quantitative estimate of drug-likeness (QED) is 0.835. The Morgan fingerprint density at radius 1 is 0.962 bits per heavy atom. The molecule has 1 aromatic rings. The summed E-state index contributed by atoms with van der Waals surface area (Å²) in [5.41, 5.74) is 1.39. The Hall–Kier alpha value is -1.42. The molecule has 5 fully saturated rings. The van der Waals surface area contributed by atoms with Gasteiger partial charge in [0.1, 0.15) is 0 Å². The van der Waals surface area contributed by atoms with Gasteiger partial charge in [-0.1, -0.05) is 0 Å². The van der Waals surface area contributed by atoms with Crippen molar-refractivity contribution in [3.05, 3.63) is 30.1 Å². The summed E-state index contributed by atoms with van der Waals surface area (Å²) in [6.45, 7) is 5.00. The molecule has 0 spiro atoms. The van der Waals surface area contributed by atoms with Gasteiger partial charge in [0, 0.05) is 45.1 Å². The number of nitrogens with zero attached hydrogens (tertiary/aromatic N) is 3. The van der Waals surface area contributed by atoms with Crippen molar-refractivity contribution >= 4 is 5.91 Å². The van der Waals surface area contributed by atoms with E-state index in [4.69, 9.17) is 0 Å². The van der Waals surface area contributed by atoms with Gasteiger partial charge in [-0.3, -0.25) is 14.7 Å². The van der Waals surface area contributed by atoms with Crippen LogP contribution in [-0.2, 0) is 11.2 Å². The van der Waals surface area contributed by atoms with Crippen molar-refractivity contribution in [3.63, 3.8) is 0 Å². The molecule has 2 heterocycles. The second-order valence-corrected chi connectivity index (χ2v) is 9.44. The molecule has 0 radical (unpaired) electrons. The van der Waals surface area contributed by atoms with Crippen LogP contribution in [0.2, 0.25) is 0 Å². The lowest BCUT2D eigenvalue weighted by atomic mass is 9.49. The minimum absolute atomic E-state index is 0.0357. The van der Waals surface area contributed by atoms with Crippen molar-refractivity contribution in [1.29, 1.82) is 0 Å². The number of carbonyl (C=O) groups is 1. The summed E-state index contributed by atoms with van der Waals surface area (Å²) in [4.78, 5) is 22.3. The van der Waals surface area contributed by atoms with Crippen LogP contribution in [0.25, 0.3) is 0 Å². The molecule has 5 aliphatic rings. The van der Waals surface area contributed by atoms with E-state index in [0.717, 1.165) is 56.9 Å². The first kappa shape index (κ1) is 16.7. The lowest BCUT2D eigenvalue weighted by Gasteiger charge is -2.57. The van der Waals surface area contributed by atoms with E-state index in [1.54, 1.807) is 0 Å². The van der Waals surface area contributed by atoms with Crippen molar-refractivity contribution in [2.45, 2.75) is 44.9 Å². The standard InChI is InChI=1S/C22H31N3O/c26-21(22-14-18-11-19(15-22)13-20(12-18)16-22)25-9-7-24(8-10-25)6-3-17-1-4-23-5-2-17/h1-2,4-5,18-20H,3,6-16H2. The van der Waals surface area contributed by atoms with E-state index in [1.165, 1.54) is 44.1 Å². The SMILES string of the molecule is O=C(N1CCN(CCc2ccncc2)CC1)C12CC3CC(CC(C3)C1)C2. The van der Waals surface area contributed by atoms with Gasteiger partial charge in [0.15, 0.2) is 0 Å². The number of rotatable bonds is 4. The molecule has 4 bridgehead atoms. The molecular weight excluding hydrogens is 322 g/mol. The number of carbonyl (C=O) groups excluding carboxylic acids is 1. The van der Waals surface area contributed by atoms with Crippen LogP contribution in [0.3, 0.4) is 0 Å². The average Bonchev–Trinajstić information content (AvgIpc) is 2.66. The van der Waals surface area contributed by atoms with Crippen molar-refractivity contribution < 1.29 is 4.79 Å². The second-order valence-electron chi connectivity index (χ2n) is 9.44. The Morgan fingerprint density at radius 2 is 1.54 bits per heavy atom. The predicted molar refractivity (Wildman–Crippen MR) is 102 cm³/mol. The third-order valence-electron chi connectivity index (χ3n) is 7.62. The smallest absolute Gasteiger partial charge is 0.228 e. The summed E-state index contributed by atoms with van der Waals surface area (Å²) in [7, 11) is 0. The van der Waals surface area contributed by atoms with E-state index in [-0.39, 0.29) is 5.41 Å². The highest BCUT2D eigenvalue weighted by molar-refractivity contribution is 5.83. The zero-order valence-electron chi connectivity index (χ0n) is 15.8. The highest BCUT2D eigenvalue weighted by Crippen LogP contribution is 2.60. The molecule has 0 aromatic carbocycles. The van der Waals surface area contributed by atoms with Crippen LogP contribution >= 0.6 is 0 Å². The lowest BCUT2D eigenvalue weighted by Crippen LogP contribution is -2.58. The molecule has 140 valence electrons. The molecule has 0 unspecified atom stereocenters. The Labute approximate surface area is 157 Å². The maximum absolute atomic E-state index is 13.4. The van der Waals surface area contributed by atoms with Crippen molar-refractivity contribution in [2.24, 2.45) is 23.2 Å². The molecule has 1 aliphatic heterocycles. The molecule has 1 aromatic heterocycles. The van der Waals surface area contributed by atoms with Crippen molar-refractivity contribution in [3.8, 4) is 0 Å². The molecule has 0 atom stereocenters. The Balaban J connectivity index is 1.16. The van der Waals surface area contributed by atoms with Crippen LogP contribution in [0.5, 0.6) is 0 Å². The van der Waals surface area contributed by atoms with Gasteiger partial charge in [-0.15, -0.1) is 0 Å². The number of amides is 1. The number of hydrogen-bond donors (Lipinski definition) is 0. The normalized spacial score (nSPS) is 36.5. The summed E-state index contributed by atoms with van der Waals surface area (Å²) < 4.78 is 0. The van der Waals surface area contributed by atoms with E-state index >= 15 is 0 Å².